The van der Waals surface area contributed by atoms with Crippen molar-refractivity contribution in [1.82, 2.24) is 4.31 Å². The summed E-state index contributed by atoms with van der Waals surface area (Å²) in [5, 5.41) is 0.349. The Kier molecular flexibility index (Phi) is 6.88. The number of ether oxygens (including phenoxy) is 2. The van der Waals surface area contributed by atoms with Crippen molar-refractivity contribution in [1.29, 1.82) is 0 Å². The van der Waals surface area contributed by atoms with Gasteiger partial charge in [0.25, 0.3) is 0 Å². The van der Waals surface area contributed by atoms with Gasteiger partial charge in [0.1, 0.15) is 17.3 Å². The Morgan fingerprint density at radius 1 is 1.38 bits per heavy atom. The predicted molar refractivity (Wildman–Crippen MR) is 94.0 cm³/mol. The van der Waals surface area contributed by atoms with Crippen molar-refractivity contribution in [2.24, 2.45) is 11.7 Å². The van der Waals surface area contributed by atoms with Gasteiger partial charge < -0.3 is 15.2 Å². The van der Waals surface area contributed by atoms with Crippen molar-refractivity contribution in [3.05, 3.63) is 23.2 Å². The average molecular weight is 377 g/mol. The highest BCUT2D eigenvalue weighted by molar-refractivity contribution is 7.89. The SMILES string of the molecule is COCCOc1ccc(Cl)cc1S(=O)(=O)N1CCC[C@@H](C)[C@H]1CN. The average Bonchev–Trinajstić information content (AvgIpc) is 2.56. The smallest absolute Gasteiger partial charge is 0.247 e. The van der Waals surface area contributed by atoms with Crippen molar-refractivity contribution < 1.29 is 17.9 Å². The van der Waals surface area contributed by atoms with Gasteiger partial charge in [0.2, 0.25) is 10.0 Å². The third kappa shape index (κ3) is 4.21. The Labute approximate surface area is 148 Å². The molecule has 0 bridgehead atoms. The van der Waals surface area contributed by atoms with Gasteiger partial charge in [-0.1, -0.05) is 18.5 Å². The number of sulfonamides is 1. The van der Waals surface area contributed by atoms with Crippen LogP contribution in [-0.2, 0) is 14.8 Å². The van der Waals surface area contributed by atoms with E-state index in [1.165, 1.54) is 10.4 Å². The molecule has 0 aromatic heterocycles. The molecular weight excluding hydrogens is 352 g/mol. The maximum atomic E-state index is 13.2. The summed E-state index contributed by atoms with van der Waals surface area (Å²) >= 11 is 6.03. The van der Waals surface area contributed by atoms with Crippen LogP contribution in [0.2, 0.25) is 5.02 Å². The van der Waals surface area contributed by atoms with Gasteiger partial charge in [-0.2, -0.15) is 4.31 Å². The zero-order valence-corrected chi connectivity index (χ0v) is 15.6. The third-order valence-electron chi connectivity index (χ3n) is 4.34. The fourth-order valence-electron chi connectivity index (χ4n) is 3.02. The third-order valence-corrected chi connectivity index (χ3v) is 6.52. The van der Waals surface area contributed by atoms with E-state index in [0.29, 0.717) is 24.7 Å². The minimum absolute atomic E-state index is 0.0821. The molecule has 2 rings (SSSR count). The molecule has 0 amide bonds. The largest absolute Gasteiger partial charge is 0.490 e. The number of piperidine rings is 1. The standard InChI is InChI=1S/C16H25ClN2O4S/c1-12-4-3-7-19(14(12)11-18)24(20,21)16-10-13(17)5-6-15(16)23-9-8-22-2/h5-6,10,12,14H,3-4,7-9,11,18H2,1-2H3/t12-,14-/m1/s1. The van der Waals surface area contributed by atoms with Gasteiger partial charge in [-0.25, -0.2) is 8.42 Å². The Balaban J connectivity index is 2.38. The quantitative estimate of drug-likeness (QED) is 0.737. The first-order valence-corrected chi connectivity index (χ1v) is 9.86. The van der Waals surface area contributed by atoms with Gasteiger partial charge in [-0.05, 0) is 37.0 Å². The summed E-state index contributed by atoms with van der Waals surface area (Å²) < 4.78 is 38.4. The van der Waals surface area contributed by atoms with E-state index in [9.17, 15) is 8.42 Å². The molecule has 8 heteroatoms. The fourth-order valence-corrected chi connectivity index (χ4v) is 5.19. The van der Waals surface area contributed by atoms with Crippen LogP contribution in [-0.4, -0.2) is 52.2 Å². The molecular formula is C16H25ClN2O4S. The second-order valence-electron chi connectivity index (χ2n) is 5.97. The van der Waals surface area contributed by atoms with Crippen molar-refractivity contribution >= 4 is 21.6 Å². The Hall–Kier alpha value is -0.860. The molecule has 0 unspecified atom stereocenters. The van der Waals surface area contributed by atoms with E-state index >= 15 is 0 Å². The molecule has 0 radical (unpaired) electrons. The minimum Gasteiger partial charge on any atom is -0.490 e. The molecule has 6 nitrogen and oxygen atoms in total. The summed E-state index contributed by atoms with van der Waals surface area (Å²) in [5.74, 6) is 0.501. The number of hydrogen-bond donors (Lipinski definition) is 1. The van der Waals surface area contributed by atoms with Crippen LogP contribution in [0.1, 0.15) is 19.8 Å². The highest BCUT2D eigenvalue weighted by Gasteiger charge is 2.37. The van der Waals surface area contributed by atoms with E-state index < -0.39 is 10.0 Å². The van der Waals surface area contributed by atoms with Crippen molar-refractivity contribution in [2.75, 3.05) is 33.4 Å². The second kappa shape index (κ2) is 8.49. The van der Waals surface area contributed by atoms with Crippen molar-refractivity contribution in [3.63, 3.8) is 0 Å². The monoisotopic (exact) mass is 376 g/mol. The lowest BCUT2D eigenvalue weighted by atomic mass is 9.93. The predicted octanol–water partition coefficient (Wildman–Crippen LogP) is 2.11. The molecule has 0 aliphatic carbocycles. The van der Waals surface area contributed by atoms with Crippen LogP contribution in [0.25, 0.3) is 0 Å². The molecule has 0 saturated carbocycles. The minimum atomic E-state index is -3.74. The van der Waals surface area contributed by atoms with E-state index in [1.54, 1.807) is 19.2 Å². The van der Waals surface area contributed by atoms with Crippen LogP contribution in [0.3, 0.4) is 0 Å². The summed E-state index contributed by atoms with van der Waals surface area (Å²) in [6.45, 7) is 3.41. The lowest BCUT2D eigenvalue weighted by molar-refractivity contribution is 0.144. The topological polar surface area (TPSA) is 81.9 Å². The lowest BCUT2D eigenvalue weighted by Gasteiger charge is -2.38. The van der Waals surface area contributed by atoms with Crippen LogP contribution in [0.4, 0.5) is 0 Å². The van der Waals surface area contributed by atoms with Crippen molar-refractivity contribution in [3.8, 4) is 5.75 Å². The maximum absolute atomic E-state index is 13.2. The molecule has 1 aliphatic rings. The van der Waals surface area contributed by atoms with Crippen molar-refractivity contribution in [2.45, 2.75) is 30.7 Å². The molecule has 0 spiro atoms. The highest BCUT2D eigenvalue weighted by atomic mass is 35.5. The number of methoxy groups -OCH3 is 1. The first-order chi connectivity index (χ1) is 11.4. The number of benzene rings is 1. The first kappa shape index (κ1) is 19.5. The normalized spacial score (nSPS) is 22.5. The molecule has 1 fully saturated rings. The molecule has 1 aromatic rings. The van der Waals surface area contributed by atoms with E-state index in [4.69, 9.17) is 26.8 Å². The number of rotatable bonds is 7. The zero-order valence-electron chi connectivity index (χ0n) is 14.1. The van der Waals surface area contributed by atoms with E-state index in [2.05, 4.69) is 0 Å². The number of nitrogens with zero attached hydrogens (tertiary/aromatic N) is 1. The molecule has 1 heterocycles. The van der Waals surface area contributed by atoms with Gasteiger partial charge in [-0.15, -0.1) is 0 Å². The summed E-state index contributed by atoms with van der Waals surface area (Å²) in [5.41, 5.74) is 5.85. The number of nitrogens with two attached hydrogens (primary N) is 1. The Morgan fingerprint density at radius 2 is 2.12 bits per heavy atom. The summed E-state index contributed by atoms with van der Waals surface area (Å²) in [4.78, 5) is 0.0821. The molecule has 1 saturated heterocycles. The molecule has 24 heavy (non-hydrogen) atoms. The van der Waals surface area contributed by atoms with E-state index in [0.717, 1.165) is 12.8 Å². The van der Waals surface area contributed by atoms with Gasteiger partial charge in [0.05, 0.1) is 6.61 Å². The molecule has 2 atom stereocenters. The van der Waals surface area contributed by atoms with E-state index in [-0.39, 0.29) is 29.2 Å². The summed E-state index contributed by atoms with van der Waals surface area (Å²) in [7, 11) is -2.18. The van der Waals surface area contributed by atoms with Gasteiger partial charge >= 0.3 is 0 Å². The lowest BCUT2D eigenvalue weighted by Crippen LogP contribution is -2.51. The number of hydrogen-bond acceptors (Lipinski definition) is 5. The highest BCUT2D eigenvalue weighted by Crippen LogP contribution is 2.34. The van der Waals surface area contributed by atoms with Crippen LogP contribution >= 0.6 is 11.6 Å². The Bertz CT molecular complexity index is 653. The maximum Gasteiger partial charge on any atom is 0.247 e. The van der Waals surface area contributed by atoms with Crippen LogP contribution < -0.4 is 10.5 Å². The Morgan fingerprint density at radius 3 is 2.79 bits per heavy atom. The van der Waals surface area contributed by atoms with Gasteiger partial charge in [0.15, 0.2) is 0 Å². The van der Waals surface area contributed by atoms with Gasteiger partial charge in [-0.3, -0.25) is 0 Å². The molecule has 1 aromatic carbocycles. The summed E-state index contributed by atoms with van der Waals surface area (Å²) in [6.07, 6.45) is 1.79. The van der Waals surface area contributed by atoms with Crippen LogP contribution in [0.15, 0.2) is 23.1 Å². The number of halogens is 1. The second-order valence-corrected chi connectivity index (χ2v) is 8.27. The first-order valence-electron chi connectivity index (χ1n) is 8.05. The van der Waals surface area contributed by atoms with Crippen LogP contribution in [0, 0.1) is 5.92 Å². The zero-order chi connectivity index (χ0) is 17.7. The summed E-state index contributed by atoms with van der Waals surface area (Å²) in [6, 6.07) is 4.42. The van der Waals surface area contributed by atoms with Gasteiger partial charge in [0, 0.05) is 31.3 Å². The fraction of sp³-hybridized carbons (Fsp3) is 0.625. The van der Waals surface area contributed by atoms with Crippen LogP contribution in [0.5, 0.6) is 5.75 Å². The molecule has 1 aliphatic heterocycles. The van der Waals surface area contributed by atoms with E-state index in [1.807, 2.05) is 6.92 Å². The molecule has 2 N–H and O–H groups in total. The molecule has 136 valence electrons.